The van der Waals surface area contributed by atoms with Crippen molar-refractivity contribution in [1.82, 2.24) is 19.6 Å². The Morgan fingerprint density at radius 1 is 0.971 bits per heavy atom. The molecule has 3 aromatic heterocycles. The zero-order chi connectivity index (χ0) is 24.9. The number of sulfonamides is 1. The van der Waals surface area contributed by atoms with Crippen molar-refractivity contribution in [3.63, 3.8) is 0 Å². The second kappa shape index (κ2) is 8.08. The smallest absolute Gasteiger partial charge is 0.235 e. The van der Waals surface area contributed by atoms with Crippen molar-refractivity contribution in [3.05, 3.63) is 64.6 Å². The molecule has 176 valence electrons. The lowest BCUT2D eigenvalue weighted by molar-refractivity contribution is -0.142. The number of aromatic nitrogens is 4. The van der Waals surface area contributed by atoms with Crippen molar-refractivity contribution in [2.45, 2.75) is 16.6 Å². The fraction of sp³-hybridized carbons (Fsp3) is 0.105. The zero-order valence-corrected chi connectivity index (χ0v) is 17.9. The minimum absolute atomic E-state index is 0.0128. The molecule has 0 aliphatic rings. The topological polar surface area (TPSA) is 103 Å². The van der Waals surface area contributed by atoms with E-state index in [1.807, 2.05) is 0 Å². The molecule has 0 bridgehead atoms. The molecular weight excluding hydrogens is 508 g/mol. The second-order valence-electron chi connectivity index (χ2n) is 6.67. The van der Waals surface area contributed by atoms with Gasteiger partial charge in [-0.3, -0.25) is 0 Å². The lowest BCUT2D eigenvalue weighted by Gasteiger charge is -2.12. The highest BCUT2D eigenvalue weighted by atomic mass is 32.2. The van der Waals surface area contributed by atoms with E-state index in [1.165, 1.54) is 0 Å². The van der Waals surface area contributed by atoms with Gasteiger partial charge < -0.3 is 0 Å². The minimum atomic E-state index is -4.86. The number of primary sulfonamides is 1. The number of benzene rings is 1. The summed E-state index contributed by atoms with van der Waals surface area (Å²) in [6, 6.07) is 4.15. The summed E-state index contributed by atoms with van der Waals surface area (Å²) in [5.74, 6) is 5.05. The standard InChI is InChI=1S/C19H9F6N5O2S2/c20-18(21,22)12-4-1-10(2-5-12)13-7-14(19(23,24)25)30-17(29-13)11(8-28-30)3-6-15-27-9-16(33-15)34(26,31)32/h1-2,4-5,7-9H,(H2,26,31,32). The number of hydrogen-bond donors (Lipinski definition) is 1. The average molecular weight is 517 g/mol. The first kappa shape index (κ1) is 23.7. The Bertz CT molecular complexity index is 1560. The minimum Gasteiger partial charge on any atom is -0.235 e. The Morgan fingerprint density at radius 2 is 1.65 bits per heavy atom. The molecule has 0 radical (unpaired) electrons. The summed E-state index contributed by atoms with van der Waals surface area (Å²) >= 11 is 0.661. The summed E-state index contributed by atoms with van der Waals surface area (Å²) in [6.07, 6.45) is -7.46. The maximum Gasteiger partial charge on any atom is 0.433 e. The fourth-order valence-corrected chi connectivity index (χ4v) is 4.20. The average Bonchev–Trinajstić information content (AvgIpc) is 3.37. The SMILES string of the molecule is NS(=O)(=O)c1cnc(C#Cc2cnn3c(C(F)(F)F)cc(-c4ccc(C(F)(F)F)cc4)nc23)s1. The molecule has 3 heterocycles. The molecule has 15 heteroatoms. The molecule has 0 saturated heterocycles. The number of halogens is 6. The van der Waals surface area contributed by atoms with Crippen molar-refractivity contribution < 1.29 is 34.8 Å². The summed E-state index contributed by atoms with van der Waals surface area (Å²) in [7, 11) is -4.00. The highest BCUT2D eigenvalue weighted by molar-refractivity contribution is 7.91. The Morgan fingerprint density at radius 3 is 2.21 bits per heavy atom. The Kier molecular flexibility index (Phi) is 5.62. The molecule has 7 nitrogen and oxygen atoms in total. The van der Waals surface area contributed by atoms with Gasteiger partial charge in [0.15, 0.2) is 20.6 Å². The highest BCUT2D eigenvalue weighted by Crippen LogP contribution is 2.34. The number of nitrogens with zero attached hydrogens (tertiary/aromatic N) is 4. The Hall–Kier alpha value is -3.48. The Labute approximate surface area is 190 Å². The third-order valence-electron chi connectivity index (χ3n) is 4.34. The van der Waals surface area contributed by atoms with E-state index in [1.54, 1.807) is 0 Å². The summed E-state index contributed by atoms with van der Waals surface area (Å²) < 4.78 is 102. The molecule has 0 aliphatic heterocycles. The van der Waals surface area contributed by atoms with E-state index in [4.69, 9.17) is 5.14 Å². The number of hydrogen-bond acceptors (Lipinski definition) is 6. The normalized spacial score (nSPS) is 12.6. The van der Waals surface area contributed by atoms with Gasteiger partial charge in [-0.2, -0.15) is 31.4 Å². The molecule has 1 aromatic carbocycles. The van der Waals surface area contributed by atoms with Crippen molar-refractivity contribution in [3.8, 4) is 23.1 Å². The molecule has 0 saturated carbocycles. The van der Waals surface area contributed by atoms with Gasteiger partial charge in [0.05, 0.1) is 29.2 Å². The van der Waals surface area contributed by atoms with Crippen molar-refractivity contribution in [2.75, 3.05) is 0 Å². The molecule has 0 unspecified atom stereocenters. The van der Waals surface area contributed by atoms with Crippen LogP contribution in [0.2, 0.25) is 0 Å². The molecule has 0 spiro atoms. The van der Waals surface area contributed by atoms with E-state index in [0.717, 1.165) is 36.7 Å². The number of rotatable bonds is 2. The van der Waals surface area contributed by atoms with E-state index in [0.29, 0.717) is 21.9 Å². The van der Waals surface area contributed by atoms with Crippen LogP contribution in [0.4, 0.5) is 26.3 Å². The largest absolute Gasteiger partial charge is 0.433 e. The van der Waals surface area contributed by atoms with Gasteiger partial charge in [0.2, 0.25) is 10.0 Å². The van der Waals surface area contributed by atoms with Gasteiger partial charge in [-0.1, -0.05) is 29.4 Å². The molecule has 2 N–H and O–H groups in total. The van der Waals surface area contributed by atoms with Crippen LogP contribution in [0.5, 0.6) is 0 Å². The summed E-state index contributed by atoms with van der Waals surface area (Å²) in [6.45, 7) is 0. The highest BCUT2D eigenvalue weighted by Gasteiger charge is 2.36. The van der Waals surface area contributed by atoms with Crippen LogP contribution in [0, 0.1) is 11.8 Å². The summed E-state index contributed by atoms with van der Waals surface area (Å²) in [5.41, 5.74) is -2.77. The predicted molar refractivity (Wildman–Crippen MR) is 108 cm³/mol. The van der Waals surface area contributed by atoms with Crippen LogP contribution < -0.4 is 5.14 Å². The predicted octanol–water partition coefficient (Wildman–Crippen LogP) is 3.94. The first-order valence-corrected chi connectivity index (χ1v) is 11.2. The van der Waals surface area contributed by atoms with Gasteiger partial charge in [0.1, 0.15) is 0 Å². The van der Waals surface area contributed by atoms with Gasteiger partial charge in [-0.05, 0) is 24.1 Å². The third kappa shape index (κ3) is 4.74. The lowest BCUT2D eigenvalue weighted by Crippen LogP contribution is -2.13. The third-order valence-corrected chi connectivity index (χ3v) is 6.66. The van der Waals surface area contributed by atoms with Crippen LogP contribution in [-0.4, -0.2) is 28.0 Å². The van der Waals surface area contributed by atoms with Gasteiger partial charge in [0, 0.05) is 5.56 Å². The van der Waals surface area contributed by atoms with Crippen LogP contribution >= 0.6 is 11.3 Å². The molecule has 4 rings (SSSR count). The summed E-state index contributed by atoms with van der Waals surface area (Å²) in [4.78, 5) is 7.89. The Balaban J connectivity index is 1.83. The molecule has 0 amide bonds. The first-order valence-electron chi connectivity index (χ1n) is 8.88. The van der Waals surface area contributed by atoms with E-state index in [-0.39, 0.29) is 31.7 Å². The second-order valence-corrected chi connectivity index (χ2v) is 9.49. The van der Waals surface area contributed by atoms with Crippen LogP contribution in [0.3, 0.4) is 0 Å². The van der Waals surface area contributed by atoms with Crippen molar-refractivity contribution >= 4 is 27.0 Å². The number of thiazole rings is 1. The van der Waals surface area contributed by atoms with E-state index < -0.39 is 33.6 Å². The maximum atomic E-state index is 13.7. The molecule has 34 heavy (non-hydrogen) atoms. The first-order chi connectivity index (χ1) is 15.7. The van der Waals surface area contributed by atoms with Gasteiger partial charge in [0.25, 0.3) is 0 Å². The van der Waals surface area contributed by atoms with Crippen molar-refractivity contribution in [2.24, 2.45) is 5.14 Å². The molecular formula is C19H9F6N5O2S2. The monoisotopic (exact) mass is 517 g/mol. The molecule has 0 atom stereocenters. The van der Waals surface area contributed by atoms with Crippen molar-refractivity contribution in [1.29, 1.82) is 0 Å². The van der Waals surface area contributed by atoms with E-state index >= 15 is 0 Å². The summed E-state index contributed by atoms with van der Waals surface area (Å²) in [5, 5.41) is 8.70. The van der Waals surface area contributed by atoms with Crippen LogP contribution in [0.1, 0.15) is 21.8 Å². The van der Waals surface area contributed by atoms with Gasteiger partial charge >= 0.3 is 12.4 Å². The van der Waals surface area contributed by atoms with Gasteiger partial charge in [-0.15, -0.1) is 0 Å². The lowest BCUT2D eigenvalue weighted by atomic mass is 10.1. The number of fused-ring (bicyclic) bond motifs is 1. The molecule has 0 fully saturated rings. The van der Waals surface area contributed by atoms with Crippen LogP contribution in [0.15, 0.2) is 46.9 Å². The van der Waals surface area contributed by atoms with E-state index in [2.05, 4.69) is 26.9 Å². The fourth-order valence-electron chi connectivity index (χ4n) is 2.80. The van der Waals surface area contributed by atoms with Crippen LogP contribution in [0.25, 0.3) is 16.9 Å². The maximum absolute atomic E-state index is 13.7. The quantitative estimate of drug-likeness (QED) is 0.321. The molecule has 0 aliphatic carbocycles. The molecule has 4 aromatic rings. The zero-order valence-electron chi connectivity index (χ0n) is 16.3. The number of nitrogens with two attached hydrogens (primary N) is 1. The van der Waals surface area contributed by atoms with Gasteiger partial charge in [-0.25, -0.2) is 28.0 Å². The number of alkyl halides is 6. The van der Waals surface area contributed by atoms with E-state index in [9.17, 15) is 34.8 Å². The van der Waals surface area contributed by atoms with Crippen LogP contribution in [-0.2, 0) is 22.4 Å².